The van der Waals surface area contributed by atoms with Crippen molar-refractivity contribution in [3.8, 4) is 0 Å². The molecule has 1 amide bonds. The lowest BCUT2D eigenvalue weighted by Crippen LogP contribution is -2.20. The van der Waals surface area contributed by atoms with Gasteiger partial charge < -0.3 is 10.2 Å². The highest BCUT2D eigenvalue weighted by Crippen LogP contribution is 2.25. The van der Waals surface area contributed by atoms with Crippen LogP contribution < -0.4 is 10.2 Å². The summed E-state index contributed by atoms with van der Waals surface area (Å²) in [7, 11) is 3.69. The van der Waals surface area contributed by atoms with Gasteiger partial charge in [0.2, 0.25) is 5.91 Å². The highest BCUT2D eigenvalue weighted by Gasteiger charge is 2.11. The number of anilines is 2. The van der Waals surface area contributed by atoms with Crippen molar-refractivity contribution in [3.63, 3.8) is 0 Å². The molecule has 0 heterocycles. The summed E-state index contributed by atoms with van der Waals surface area (Å²) in [5.41, 5.74) is 1.29. The molecule has 0 bridgehead atoms. The predicted molar refractivity (Wildman–Crippen MR) is 64.2 cm³/mol. The van der Waals surface area contributed by atoms with Crippen LogP contribution in [0, 0.1) is 11.7 Å². The molecule has 0 atom stereocenters. The van der Waals surface area contributed by atoms with Crippen LogP contribution in [-0.2, 0) is 4.79 Å². The van der Waals surface area contributed by atoms with Gasteiger partial charge in [0, 0.05) is 20.0 Å². The second-order valence-corrected chi connectivity index (χ2v) is 4.20. The Morgan fingerprint density at radius 1 is 1.38 bits per heavy atom. The van der Waals surface area contributed by atoms with Gasteiger partial charge in [-0.3, -0.25) is 4.79 Å². The maximum Gasteiger partial charge on any atom is 0.226 e. The van der Waals surface area contributed by atoms with Crippen molar-refractivity contribution in [2.24, 2.45) is 5.92 Å². The molecule has 0 saturated carbocycles. The van der Waals surface area contributed by atoms with Crippen LogP contribution in [0.25, 0.3) is 0 Å². The summed E-state index contributed by atoms with van der Waals surface area (Å²) in [6.07, 6.45) is 0. The molecule has 3 nitrogen and oxygen atoms in total. The molecule has 1 aromatic rings. The zero-order chi connectivity index (χ0) is 12.3. The van der Waals surface area contributed by atoms with E-state index < -0.39 is 0 Å². The molecule has 0 aliphatic rings. The monoisotopic (exact) mass is 224 g/mol. The van der Waals surface area contributed by atoms with Crippen molar-refractivity contribution in [2.75, 3.05) is 24.3 Å². The molecule has 1 rings (SSSR count). The normalized spacial score (nSPS) is 10.4. The number of nitrogens with one attached hydrogen (secondary N) is 1. The van der Waals surface area contributed by atoms with Gasteiger partial charge in [0.25, 0.3) is 0 Å². The number of rotatable bonds is 3. The molecule has 1 N–H and O–H groups in total. The second-order valence-electron chi connectivity index (χ2n) is 4.20. The van der Waals surface area contributed by atoms with Gasteiger partial charge in [0.15, 0.2) is 0 Å². The maximum atomic E-state index is 13.1. The molecule has 0 spiro atoms. The molecule has 4 heteroatoms. The summed E-state index contributed by atoms with van der Waals surface area (Å²) in [5, 5.41) is 2.71. The zero-order valence-electron chi connectivity index (χ0n) is 10.0. The number of nitrogens with zero attached hydrogens (tertiary/aromatic N) is 1. The van der Waals surface area contributed by atoms with Gasteiger partial charge >= 0.3 is 0 Å². The lowest BCUT2D eigenvalue weighted by Gasteiger charge is -2.18. The quantitative estimate of drug-likeness (QED) is 0.855. The van der Waals surface area contributed by atoms with Crippen molar-refractivity contribution < 1.29 is 9.18 Å². The van der Waals surface area contributed by atoms with Crippen LogP contribution in [0.4, 0.5) is 15.8 Å². The van der Waals surface area contributed by atoms with Crippen molar-refractivity contribution in [1.82, 2.24) is 0 Å². The molecule has 88 valence electrons. The minimum absolute atomic E-state index is 0.117. The first-order valence-corrected chi connectivity index (χ1v) is 5.19. The minimum Gasteiger partial charge on any atom is -0.376 e. The first kappa shape index (κ1) is 12.5. The second kappa shape index (κ2) is 4.96. The average Bonchev–Trinajstić information content (AvgIpc) is 2.16. The van der Waals surface area contributed by atoms with Crippen molar-refractivity contribution in [1.29, 1.82) is 0 Å². The minimum atomic E-state index is -0.357. The standard InChI is InChI=1S/C12H17FN2O/c1-8(2)12(16)14-10-7-9(13)5-6-11(10)15(3)4/h5-8H,1-4H3,(H,14,16). The summed E-state index contributed by atoms with van der Waals surface area (Å²) in [5.74, 6) is -0.600. The van der Waals surface area contributed by atoms with Gasteiger partial charge in [0.1, 0.15) is 5.82 Å². The van der Waals surface area contributed by atoms with E-state index in [9.17, 15) is 9.18 Å². The molecule has 0 unspecified atom stereocenters. The lowest BCUT2D eigenvalue weighted by molar-refractivity contribution is -0.118. The van der Waals surface area contributed by atoms with Gasteiger partial charge in [-0.25, -0.2) is 4.39 Å². The highest BCUT2D eigenvalue weighted by molar-refractivity contribution is 5.95. The first-order valence-electron chi connectivity index (χ1n) is 5.19. The van der Waals surface area contributed by atoms with Crippen LogP contribution in [0.3, 0.4) is 0 Å². The van der Waals surface area contributed by atoms with Crippen molar-refractivity contribution in [2.45, 2.75) is 13.8 Å². The fourth-order valence-electron chi connectivity index (χ4n) is 1.28. The maximum absolute atomic E-state index is 13.1. The third-order valence-electron chi connectivity index (χ3n) is 2.22. The number of hydrogen-bond donors (Lipinski definition) is 1. The molecular formula is C12H17FN2O. The predicted octanol–water partition coefficient (Wildman–Crippen LogP) is 2.49. The van der Waals surface area contributed by atoms with E-state index in [4.69, 9.17) is 0 Å². The SMILES string of the molecule is CC(C)C(=O)Nc1cc(F)ccc1N(C)C. The van der Waals surface area contributed by atoms with E-state index in [0.717, 1.165) is 5.69 Å². The number of halogens is 1. The Balaban J connectivity index is 3.01. The average molecular weight is 224 g/mol. The van der Waals surface area contributed by atoms with Crippen LogP contribution in [-0.4, -0.2) is 20.0 Å². The summed E-state index contributed by atoms with van der Waals surface area (Å²) < 4.78 is 13.1. The van der Waals surface area contributed by atoms with Gasteiger partial charge in [-0.1, -0.05) is 13.8 Å². The molecule has 0 saturated heterocycles. The molecule has 0 aliphatic carbocycles. The van der Waals surface area contributed by atoms with E-state index >= 15 is 0 Å². The van der Waals surface area contributed by atoms with E-state index in [1.165, 1.54) is 12.1 Å². The van der Waals surface area contributed by atoms with Gasteiger partial charge in [-0.05, 0) is 18.2 Å². The first-order chi connectivity index (χ1) is 7.41. The topological polar surface area (TPSA) is 32.3 Å². The van der Waals surface area contributed by atoms with Crippen molar-refractivity contribution in [3.05, 3.63) is 24.0 Å². The van der Waals surface area contributed by atoms with Crippen molar-refractivity contribution >= 4 is 17.3 Å². The van der Waals surface area contributed by atoms with Gasteiger partial charge in [-0.15, -0.1) is 0 Å². The fraction of sp³-hybridized carbons (Fsp3) is 0.417. The number of amides is 1. The Morgan fingerprint density at radius 2 is 2.00 bits per heavy atom. The largest absolute Gasteiger partial charge is 0.376 e. The molecule has 0 fully saturated rings. The third-order valence-corrected chi connectivity index (χ3v) is 2.22. The van der Waals surface area contributed by atoms with Crippen LogP contribution >= 0.6 is 0 Å². The smallest absolute Gasteiger partial charge is 0.226 e. The Kier molecular flexibility index (Phi) is 3.88. The van der Waals surface area contributed by atoms with Crippen LogP contribution in [0.5, 0.6) is 0 Å². The van der Waals surface area contributed by atoms with E-state index in [-0.39, 0.29) is 17.6 Å². The number of benzene rings is 1. The summed E-state index contributed by atoms with van der Waals surface area (Å²) >= 11 is 0. The summed E-state index contributed by atoms with van der Waals surface area (Å²) in [6.45, 7) is 3.59. The van der Waals surface area contributed by atoms with E-state index in [1.54, 1.807) is 19.9 Å². The number of carbonyl (C=O) groups excluding carboxylic acids is 1. The van der Waals surface area contributed by atoms with Crippen LogP contribution in [0.15, 0.2) is 18.2 Å². The Morgan fingerprint density at radius 3 is 2.50 bits per heavy atom. The van der Waals surface area contributed by atoms with E-state index in [2.05, 4.69) is 5.32 Å². The Labute approximate surface area is 95.3 Å². The molecule has 0 radical (unpaired) electrons. The highest BCUT2D eigenvalue weighted by atomic mass is 19.1. The van der Waals surface area contributed by atoms with E-state index in [1.807, 2.05) is 19.0 Å². The lowest BCUT2D eigenvalue weighted by atomic mass is 10.2. The number of hydrogen-bond acceptors (Lipinski definition) is 2. The summed E-state index contributed by atoms with van der Waals surface area (Å²) in [6, 6.07) is 4.35. The van der Waals surface area contributed by atoms with Gasteiger partial charge in [-0.2, -0.15) is 0 Å². The number of carbonyl (C=O) groups is 1. The third kappa shape index (κ3) is 2.95. The van der Waals surface area contributed by atoms with Gasteiger partial charge in [0.05, 0.1) is 11.4 Å². The molecule has 0 aromatic heterocycles. The Hall–Kier alpha value is -1.58. The molecule has 0 aliphatic heterocycles. The van der Waals surface area contributed by atoms with E-state index in [0.29, 0.717) is 5.69 Å². The molecule has 16 heavy (non-hydrogen) atoms. The van der Waals surface area contributed by atoms with Crippen LogP contribution in [0.2, 0.25) is 0 Å². The molecular weight excluding hydrogens is 207 g/mol. The Bertz CT molecular complexity index is 389. The fourth-order valence-corrected chi connectivity index (χ4v) is 1.28. The van der Waals surface area contributed by atoms with Crippen LogP contribution in [0.1, 0.15) is 13.8 Å². The molecule has 1 aromatic carbocycles. The summed E-state index contributed by atoms with van der Waals surface area (Å²) in [4.78, 5) is 13.4. The zero-order valence-corrected chi connectivity index (χ0v) is 10.0.